The molecule has 2 aromatic heterocycles. The molecule has 0 atom stereocenters. The van der Waals surface area contributed by atoms with Crippen LogP contribution in [0.5, 0.6) is 0 Å². The maximum atomic E-state index is 12.8. The summed E-state index contributed by atoms with van der Waals surface area (Å²) >= 11 is 0. The van der Waals surface area contributed by atoms with Gasteiger partial charge in [0, 0.05) is 19.8 Å². The van der Waals surface area contributed by atoms with E-state index >= 15 is 0 Å². The molecule has 0 radical (unpaired) electrons. The van der Waals surface area contributed by atoms with Crippen LogP contribution in [0.3, 0.4) is 0 Å². The third-order valence-electron chi connectivity index (χ3n) is 4.74. The third kappa shape index (κ3) is 4.48. The number of benzene rings is 1. The number of unbranched alkanes of at least 4 members (excludes halogenated alkanes) is 3. The minimum atomic E-state index is -0.0833. The zero-order valence-corrected chi connectivity index (χ0v) is 16.4. The summed E-state index contributed by atoms with van der Waals surface area (Å²) in [6.07, 6.45) is 6.52. The smallest absolute Gasteiger partial charge is 0.270 e. The Bertz CT molecular complexity index is 889. The van der Waals surface area contributed by atoms with Gasteiger partial charge < -0.3 is 9.88 Å². The van der Waals surface area contributed by atoms with Crippen molar-refractivity contribution in [1.82, 2.24) is 19.7 Å². The van der Waals surface area contributed by atoms with Crippen LogP contribution in [0, 0.1) is 6.92 Å². The average molecular weight is 364 g/mol. The lowest BCUT2D eigenvalue weighted by molar-refractivity contribution is 0.0945. The molecule has 2 heterocycles. The van der Waals surface area contributed by atoms with Gasteiger partial charge in [-0.3, -0.25) is 4.79 Å². The van der Waals surface area contributed by atoms with Gasteiger partial charge in [0.05, 0.1) is 11.4 Å². The predicted molar refractivity (Wildman–Crippen MR) is 109 cm³/mol. The van der Waals surface area contributed by atoms with Crippen LogP contribution in [0.2, 0.25) is 0 Å². The van der Waals surface area contributed by atoms with Crippen LogP contribution in [0.25, 0.3) is 17.1 Å². The number of hydrogen-bond donors (Lipinski definition) is 1. The van der Waals surface area contributed by atoms with Gasteiger partial charge in [0.2, 0.25) is 0 Å². The summed E-state index contributed by atoms with van der Waals surface area (Å²) in [6.45, 7) is 4.92. The van der Waals surface area contributed by atoms with Crippen molar-refractivity contribution < 1.29 is 4.79 Å². The number of carbonyl (C=O) groups excluding carboxylic acids is 1. The molecule has 3 aromatic rings. The summed E-state index contributed by atoms with van der Waals surface area (Å²) in [5, 5.41) is 7.77. The minimum absolute atomic E-state index is 0.0833. The zero-order chi connectivity index (χ0) is 19.2. The van der Waals surface area contributed by atoms with Gasteiger partial charge in [0.1, 0.15) is 11.4 Å². The first-order valence-corrected chi connectivity index (χ1v) is 9.67. The third-order valence-corrected chi connectivity index (χ3v) is 4.74. The first-order chi connectivity index (χ1) is 13.1. The predicted octanol–water partition coefficient (Wildman–Crippen LogP) is 4.50. The highest BCUT2D eigenvalue weighted by molar-refractivity contribution is 5.94. The molecule has 142 valence electrons. The second kappa shape index (κ2) is 8.71. The van der Waals surface area contributed by atoms with Crippen LogP contribution < -0.4 is 5.32 Å². The molecule has 0 saturated heterocycles. The molecular weight excluding hydrogens is 336 g/mol. The minimum Gasteiger partial charge on any atom is -0.351 e. The Kier molecular flexibility index (Phi) is 6.12. The van der Waals surface area contributed by atoms with Crippen LogP contribution in [-0.2, 0) is 7.05 Å². The number of hydrogen-bond acceptors (Lipinski definition) is 2. The number of rotatable bonds is 8. The normalized spacial score (nSPS) is 10.9. The maximum absolute atomic E-state index is 12.8. The highest BCUT2D eigenvalue weighted by Crippen LogP contribution is 2.22. The summed E-state index contributed by atoms with van der Waals surface area (Å²) in [4.78, 5) is 12.8. The van der Waals surface area contributed by atoms with Crippen LogP contribution >= 0.6 is 0 Å². The van der Waals surface area contributed by atoms with Crippen molar-refractivity contribution in [3.63, 3.8) is 0 Å². The lowest BCUT2D eigenvalue weighted by Crippen LogP contribution is -2.26. The Morgan fingerprint density at radius 2 is 1.89 bits per heavy atom. The van der Waals surface area contributed by atoms with Crippen LogP contribution in [0.15, 0.2) is 48.7 Å². The molecule has 1 aromatic carbocycles. The van der Waals surface area contributed by atoms with Crippen LogP contribution in [0.1, 0.15) is 48.7 Å². The summed E-state index contributed by atoms with van der Waals surface area (Å²) in [7, 11) is 1.98. The van der Waals surface area contributed by atoms with Crippen LogP contribution in [0.4, 0.5) is 0 Å². The van der Waals surface area contributed by atoms with Crippen molar-refractivity contribution in [3.05, 3.63) is 59.9 Å². The number of amides is 1. The van der Waals surface area contributed by atoms with Crippen molar-refractivity contribution in [3.8, 4) is 17.1 Å². The van der Waals surface area contributed by atoms with Gasteiger partial charge in [-0.2, -0.15) is 5.10 Å². The van der Waals surface area contributed by atoms with Gasteiger partial charge in [0.15, 0.2) is 0 Å². The molecule has 27 heavy (non-hydrogen) atoms. The topological polar surface area (TPSA) is 51.9 Å². The molecule has 0 aliphatic heterocycles. The summed E-state index contributed by atoms with van der Waals surface area (Å²) < 4.78 is 3.75. The fourth-order valence-electron chi connectivity index (χ4n) is 3.12. The maximum Gasteiger partial charge on any atom is 0.270 e. The van der Waals surface area contributed by atoms with Gasteiger partial charge in [-0.15, -0.1) is 0 Å². The molecule has 5 heteroatoms. The summed E-state index contributed by atoms with van der Waals surface area (Å²) in [5.41, 5.74) is 4.40. The molecule has 0 fully saturated rings. The number of aryl methyl sites for hydroxylation is 2. The SMILES string of the molecule is CCCCCCNC(=O)c1cc(-c2cccn2C)nn1-c1ccc(C)cc1. The van der Waals surface area contributed by atoms with E-state index in [9.17, 15) is 4.79 Å². The lowest BCUT2D eigenvalue weighted by atomic mass is 10.2. The van der Waals surface area contributed by atoms with E-state index in [1.807, 2.05) is 67.2 Å². The Morgan fingerprint density at radius 3 is 2.56 bits per heavy atom. The van der Waals surface area contributed by atoms with Crippen molar-refractivity contribution in [2.45, 2.75) is 39.5 Å². The van der Waals surface area contributed by atoms with E-state index in [0.717, 1.165) is 29.9 Å². The monoisotopic (exact) mass is 364 g/mol. The van der Waals surface area contributed by atoms with Gasteiger partial charge >= 0.3 is 0 Å². The van der Waals surface area contributed by atoms with E-state index in [1.54, 1.807) is 4.68 Å². The van der Waals surface area contributed by atoms with Gasteiger partial charge in [-0.05, 0) is 43.7 Å². The molecule has 0 bridgehead atoms. The number of aromatic nitrogens is 3. The average Bonchev–Trinajstić information content (AvgIpc) is 3.28. The Morgan fingerprint density at radius 1 is 1.11 bits per heavy atom. The van der Waals surface area contributed by atoms with E-state index in [-0.39, 0.29) is 5.91 Å². The van der Waals surface area contributed by atoms with Crippen molar-refractivity contribution >= 4 is 5.91 Å². The lowest BCUT2D eigenvalue weighted by Gasteiger charge is -2.08. The first kappa shape index (κ1) is 19.0. The van der Waals surface area contributed by atoms with E-state index in [2.05, 4.69) is 12.2 Å². The zero-order valence-electron chi connectivity index (χ0n) is 16.4. The largest absolute Gasteiger partial charge is 0.351 e. The highest BCUT2D eigenvalue weighted by Gasteiger charge is 2.18. The molecule has 1 amide bonds. The molecule has 0 saturated carbocycles. The second-order valence-corrected chi connectivity index (χ2v) is 6.98. The van der Waals surface area contributed by atoms with Gasteiger partial charge in [0.25, 0.3) is 5.91 Å². The Hall–Kier alpha value is -2.82. The van der Waals surface area contributed by atoms with E-state index in [0.29, 0.717) is 12.2 Å². The molecule has 0 aliphatic carbocycles. The fourth-order valence-corrected chi connectivity index (χ4v) is 3.12. The van der Waals surface area contributed by atoms with E-state index in [4.69, 9.17) is 5.10 Å². The van der Waals surface area contributed by atoms with Crippen molar-refractivity contribution in [1.29, 1.82) is 0 Å². The Balaban J connectivity index is 1.88. The highest BCUT2D eigenvalue weighted by atomic mass is 16.2. The quantitative estimate of drug-likeness (QED) is 0.599. The molecule has 1 N–H and O–H groups in total. The standard InChI is InChI=1S/C22H28N4O/c1-4-5-6-7-14-23-22(27)21-16-19(20-9-8-15-25(20)3)24-26(21)18-12-10-17(2)11-13-18/h8-13,15-16H,4-7,14H2,1-3H3,(H,23,27). The molecular formula is C22H28N4O. The molecule has 0 unspecified atom stereocenters. The summed E-state index contributed by atoms with van der Waals surface area (Å²) in [5.74, 6) is -0.0833. The number of nitrogens with one attached hydrogen (secondary N) is 1. The second-order valence-electron chi connectivity index (χ2n) is 6.98. The Labute approximate surface area is 161 Å². The van der Waals surface area contributed by atoms with Crippen molar-refractivity contribution in [2.75, 3.05) is 6.54 Å². The molecule has 3 rings (SSSR count). The van der Waals surface area contributed by atoms with Gasteiger partial charge in [-0.1, -0.05) is 43.9 Å². The number of carbonyl (C=O) groups is 1. The number of nitrogens with zero attached hydrogens (tertiary/aromatic N) is 3. The van der Waals surface area contributed by atoms with Crippen molar-refractivity contribution in [2.24, 2.45) is 7.05 Å². The molecule has 0 spiro atoms. The fraction of sp³-hybridized carbons (Fsp3) is 0.364. The van der Waals surface area contributed by atoms with Gasteiger partial charge in [-0.25, -0.2) is 4.68 Å². The molecule has 5 nitrogen and oxygen atoms in total. The van der Waals surface area contributed by atoms with E-state index in [1.165, 1.54) is 18.4 Å². The summed E-state index contributed by atoms with van der Waals surface area (Å²) in [6, 6.07) is 13.9. The van der Waals surface area contributed by atoms with Crippen LogP contribution in [-0.4, -0.2) is 26.8 Å². The van der Waals surface area contributed by atoms with E-state index < -0.39 is 0 Å². The molecule has 0 aliphatic rings. The first-order valence-electron chi connectivity index (χ1n) is 9.67.